The van der Waals surface area contributed by atoms with E-state index >= 15 is 0 Å². The van der Waals surface area contributed by atoms with E-state index < -0.39 is 0 Å². The molecule has 3 heteroatoms. The Hall–Kier alpha value is -1.12. The second kappa shape index (κ2) is 4.40. The van der Waals surface area contributed by atoms with Gasteiger partial charge >= 0.3 is 0 Å². The van der Waals surface area contributed by atoms with Gasteiger partial charge in [0.25, 0.3) is 0 Å². The van der Waals surface area contributed by atoms with Crippen LogP contribution in [0.15, 0.2) is 30.3 Å². The van der Waals surface area contributed by atoms with Crippen LogP contribution in [0.3, 0.4) is 0 Å². The lowest BCUT2D eigenvalue weighted by atomic mass is 10.0. The third-order valence-corrected chi connectivity index (χ3v) is 3.70. The van der Waals surface area contributed by atoms with Crippen molar-refractivity contribution in [1.82, 2.24) is 0 Å². The van der Waals surface area contributed by atoms with Crippen molar-refractivity contribution in [3.8, 4) is 0 Å². The summed E-state index contributed by atoms with van der Waals surface area (Å²) in [5.41, 5.74) is 1.33. The van der Waals surface area contributed by atoms with Gasteiger partial charge in [-0.15, -0.1) is 11.3 Å². The second-order valence-electron chi connectivity index (χ2n) is 3.64. The van der Waals surface area contributed by atoms with Crippen molar-refractivity contribution in [2.45, 2.75) is 13.8 Å². The molecule has 0 amide bonds. The molecule has 0 radical (unpaired) electrons. The first kappa shape index (κ1) is 11.4. The maximum Gasteiger partial charge on any atom is 0.195 e. The standard InChI is InChI=1S/C13H11ClOS/c1-8-7-11(9(2)16-8)13(15)10-5-3-4-6-12(10)14/h3-7H,1-2H3. The monoisotopic (exact) mass is 250 g/mol. The predicted molar refractivity (Wildman–Crippen MR) is 68.7 cm³/mol. The summed E-state index contributed by atoms with van der Waals surface area (Å²) in [6.07, 6.45) is 0. The van der Waals surface area contributed by atoms with E-state index in [0.29, 0.717) is 10.6 Å². The van der Waals surface area contributed by atoms with Crippen molar-refractivity contribution in [2.75, 3.05) is 0 Å². The Balaban J connectivity index is 2.47. The van der Waals surface area contributed by atoms with Crippen molar-refractivity contribution in [1.29, 1.82) is 0 Å². The molecule has 0 saturated heterocycles. The third kappa shape index (κ3) is 2.04. The Kier molecular flexibility index (Phi) is 3.13. The van der Waals surface area contributed by atoms with Crippen LogP contribution in [0.25, 0.3) is 0 Å². The van der Waals surface area contributed by atoms with Gasteiger partial charge in [0.15, 0.2) is 5.78 Å². The fraction of sp³-hybridized carbons (Fsp3) is 0.154. The number of rotatable bonds is 2. The highest BCUT2D eigenvalue weighted by molar-refractivity contribution is 7.12. The zero-order valence-corrected chi connectivity index (χ0v) is 10.7. The molecule has 0 aliphatic heterocycles. The van der Waals surface area contributed by atoms with Gasteiger partial charge in [0.05, 0.1) is 5.02 Å². The number of halogens is 1. The summed E-state index contributed by atoms with van der Waals surface area (Å²) in [5, 5.41) is 0.510. The molecule has 0 bridgehead atoms. The number of hydrogen-bond donors (Lipinski definition) is 0. The molecule has 0 N–H and O–H groups in total. The smallest absolute Gasteiger partial charge is 0.195 e. The fourth-order valence-electron chi connectivity index (χ4n) is 1.65. The quantitative estimate of drug-likeness (QED) is 0.729. The van der Waals surface area contributed by atoms with E-state index in [9.17, 15) is 4.79 Å². The highest BCUT2D eigenvalue weighted by Crippen LogP contribution is 2.25. The largest absolute Gasteiger partial charge is 0.289 e. The van der Waals surface area contributed by atoms with Crippen LogP contribution in [0.2, 0.25) is 5.02 Å². The number of benzene rings is 1. The Morgan fingerprint density at radius 1 is 1.19 bits per heavy atom. The topological polar surface area (TPSA) is 17.1 Å². The van der Waals surface area contributed by atoms with E-state index in [1.165, 1.54) is 0 Å². The molecule has 82 valence electrons. The molecule has 16 heavy (non-hydrogen) atoms. The van der Waals surface area contributed by atoms with Crippen LogP contribution in [0.1, 0.15) is 25.7 Å². The molecule has 0 unspecified atom stereocenters. The third-order valence-electron chi connectivity index (χ3n) is 2.40. The van der Waals surface area contributed by atoms with Gasteiger partial charge in [-0.2, -0.15) is 0 Å². The van der Waals surface area contributed by atoms with Gasteiger partial charge in [0.1, 0.15) is 0 Å². The number of carbonyl (C=O) groups is 1. The number of ketones is 1. The maximum atomic E-state index is 12.2. The van der Waals surface area contributed by atoms with Crippen molar-refractivity contribution >= 4 is 28.7 Å². The Labute approximate surface area is 104 Å². The van der Waals surface area contributed by atoms with Gasteiger partial charge in [-0.05, 0) is 32.0 Å². The van der Waals surface area contributed by atoms with Crippen molar-refractivity contribution in [3.63, 3.8) is 0 Å². The van der Waals surface area contributed by atoms with Gasteiger partial charge in [-0.1, -0.05) is 23.7 Å². The summed E-state index contributed by atoms with van der Waals surface area (Å²) in [7, 11) is 0. The average Bonchev–Trinajstić information content (AvgIpc) is 2.58. The van der Waals surface area contributed by atoms with Gasteiger partial charge in [-0.3, -0.25) is 4.79 Å². The Bertz CT molecular complexity index is 543. The number of thiophene rings is 1. The molecule has 2 aromatic rings. The van der Waals surface area contributed by atoms with Crippen LogP contribution in [0, 0.1) is 13.8 Å². The van der Waals surface area contributed by atoms with E-state index in [1.807, 2.05) is 32.0 Å². The number of aryl methyl sites for hydroxylation is 2. The van der Waals surface area contributed by atoms with Crippen molar-refractivity contribution in [2.24, 2.45) is 0 Å². The van der Waals surface area contributed by atoms with Crippen LogP contribution in [-0.4, -0.2) is 5.78 Å². The lowest BCUT2D eigenvalue weighted by molar-refractivity contribution is 0.103. The Morgan fingerprint density at radius 3 is 2.44 bits per heavy atom. The van der Waals surface area contributed by atoms with Crippen LogP contribution in [0.5, 0.6) is 0 Å². The van der Waals surface area contributed by atoms with Gasteiger partial charge in [0, 0.05) is 20.9 Å². The predicted octanol–water partition coefficient (Wildman–Crippen LogP) is 4.25. The van der Waals surface area contributed by atoms with Crippen molar-refractivity contribution in [3.05, 3.63) is 56.2 Å². The summed E-state index contributed by atoms with van der Waals surface area (Å²) < 4.78 is 0. The summed E-state index contributed by atoms with van der Waals surface area (Å²) >= 11 is 7.64. The van der Waals surface area contributed by atoms with Gasteiger partial charge < -0.3 is 0 Å². The molecular weight excluding hydrogens is 240 g/mol. The van der Waals surface area contributed by atoms with Crippen LogP contribution in [-0.2, 0) is 0 Å². The fourth-order valence-corrected chi connectivity index (χ4v) is 2.79. The summed E-state index contributed by atoms with van der Waals surface area (Å²) in [6, 6.07) is 9.07. The van der Waals surface area contributed by atoms with Gasteiger partial charge in [0.2, 0.25) is 0 Å². The van der Waals surface area contributed by atoms with Crippen LogP contribution < -0.4 is 0 Å². The van der Waals surface area contributed by atoms with Gasteiger partial charge in [-0.25, -0.2) is 0 Å². The first-order valence-corrected chi connectivity index (χ1v) is 6.15. The van der Waals surface area contributed by atoms with E-state index in [0.717, 1.165) is 15.3 Å². The normalized spacial score (nSPS) is 10.4. The molecule has 1 aromatic heterocycles. The van der Waals surface area contributed by atoms with E-state index in [1.54, 1.807) is 23.5 Å². The molecule has 0 atom stereocenters. The maximum absolute atomic E-state index is 12.2. The summed E-state index contributed by atoms with van der Waals surface area (Å²) in [6.45, 7) is 3.96. The molecule has 0 fully saturated rings. The molecular formula is C13H11ClOS. The van der Waals surface area contributed by atoms with Crippen molar-refractivity contribution < 1.29 is 4.79 Å². The lowest BCUT2D eigenvalue weighted by Crippen LogP contribution is -2.01. The highest BCUT2D eigenvalue weighted by Gasteiger charge is 2.16. The lowest BCUT2D eigenvalue weighted by Gasteiger charge is -2.02. The SMILES string of the molecule is Cc1cc(C(=O)c2ccccc2Cl)c(C)s1. The zero-order valence-electron chi connectivity index (χ0n) is 9.08. The minimum Gasteiger partial charge on any atom is -0.289 e. The minimum atomic E-state index is 0.00690. The molecule has 1 nitrogen and oxygen atoms in total. The molecule has 0 saturated carbocycles. The van der Waals surface area contributed by atoms with E-state index in [-0.39, 0.29) is 5.78 Å². The van der Waals surface area contributed by atoms with E-state index in [2.05, 4.69) is 0 Å². The van der Waals surface area contributed by atoms with Crippen LogP contribution >= 0.6 is 22.9 Å². The molecule has 1 aromatic carbocycles. The first-order chi connectivity index (χ1) is 7.59. The highest BCUT2D eigenvalue weighted by atomic mass is 35.5. The second-order valence-corrected chi connectivity index (χ2v) is 5.50. The molecule has 1 heterocycles. The summed E-state index contributed by atoms with van der Waals surface area (Å²) in [5.74, 6) is 0.00690. The van der Waals surface area contributed by atoms with E-state index in [4.69, 9.17) is 11.6 Å². The molecule has 2 rings (SSSR count). The molecule has 0 spiro atoms. The number of carbonyl (C=O) groups excluding carboxylic acids is 1. The molecule has 0 aliphatic carbocycles. The number of hydrogen-bond acceptors (Lipinski definition) is 2. The molecule has 0 aliphatic rings. The first-order valence-electron chi connectivity index (χ1n) is 4.96. The Morgan fingerprint density at radius 2 is 1.88 bits per heavy atom. The zero-order chi connectivity index (χ0) is 11.7. The summed E-state index contributed by atoms with van der Waals surface area (Å²) in [4.78, 5) is 14.4. The minimum absolute atomic E-state index is 0.00690. The average molecular weight is 251 g/mol. The van der Waals surface area contributed by atoms with Crippen LogP contribution in [0.4, 0.5) is 0 Å².